The van der Waals surface area contributed by atoms with E-state index in [0.717, 1.165) is 10.5 Å². The summed E-state index contributed by atoms with van der Waals surface area (Å²) in [5.74, 6) is 0.679. The Morgan fingerprint density at radius 2 is 1.90 bits per heavy atom. The van der Waals surface area contributed by atoms with Gasteiger partial charge in [-0.25, -0.2) is 9.78 Å². The standard InChI is InChI=1S/C21H18N4O5/c1-12-3-6-17-22-14(8-18(26)24(17)9-12)10-25-19(27)21(2,23-20(25)28)13-4-5-15-16(7-13)30-11-29-15/h3-9H,10-11H2,1-2H3,(H,23,28). The van der Waals surface area contributed by atoms with Crippen molar-refractivity contribution in [3.8, 4) is 11.5 Å². The Bertz CT molecular complexity index is 1280. The molecule has 5 rings (SSSR count). The number of imide groups is 1. The number of nitrogens with one attached hydrogen (secondary N) is 1. The van der Waals surface area contributed by atoms with Crippen LogP contribution in [0.15, 0.2) is 47.4 Å². The minimum atomic E-state index is -1.26. The molecule has 30 heavy (non-hydrogen) atoms. The van der Waals surface area contributed by atoms with Gasteiger partial charge in [0.25, 0.3) is 11.5 Å². The summed E-state index contributed by atoms with van der Waals surface area (Å²) in [5.41, 5.74) is 0.753. The molecule has 3 amide bonds. The first-order chi connectivity index (χ1) is 14.3. The number of carbonyl (C=O) groups is 2. The van der Waals surface area contributed by atoms with Crippen LogP contribution in [-0.4, -0.2) is 33.0 Å². The molecule has 2 aromatic heterocycles. The number of benzene rings is 1. The summed E-state index contributed by atoms with van der Waals surface area (Å²) < 4.78 is 12.1. The van der Waals surface area contributed by atoms with E-state index in [1.165, 1.54) is 10.5 Å². The van der Waals surface area contributed by atoms with Crippen LogP contribution in [0.2, 0.25) is 0 Å². The molecule has 1 aromatic carbocycles. The van der Waals surface area contributed by atoms with Crippen molar-refractivity contribution in [3.63, 3.8) is 0 Å². The summed E-state index contributed by atoms with van der Waals surface area (Å²) in [6, 6.07) is 9.47. The summed E-state index contributed by atoms with van der Waals surface area (Å²) in [6.45, 7) is 3.52. The second-order valence-electron chi connectivity index (χ2n) is 7.53. The van der Waals surface area contributed by atoms with Crippen LogP contribution >= 0.6 is 0 Å². The number of urea groups is 1. The lowest BCUT2D eigenvalue weighted by Crippen LogP contribution is -2.40. The number of ether oxygens (including phenoxy) is 2. The van der Waals surface area contributed by atoms with Gasteiger partial charge in [-0.15, -0.1) is 0 Å². The molecular weight excluding hydrogens is 388 g/mol. The zero-order chi connectivity index (χ0) is 21.0. The van der Waals surface area contributed by atoms with Gasteiger partial charge < -0.3 is 14.8 Å². The van der Waals surface area contributed by atoms with Gasteiger partial charge in [0, 0.05) is 12.3 Å². The maximum absolute atomic E-state index is 13.2. The molecule has 4 heterocycles. The van der Waals surface area contributed by atoms with E-state index in [-0.39, 0.29) is 18.9 Å². The third-order valence-electron chi connectivity index (χ3n) is 5.41. The molecule has 0 aliphatic carbocycles. The van der Waals surface area contributed by atoms with Crippen LogP contribution in [0.3, 0.4) is 0 Å². The number of aryl methyl sites for hydroxylation is 1. The predicted molar refractivity (Wildman–Crippen MR) is 105 cm³/mol. The van der Waals surface area contributed by atoms with Crippen molar-refractivity contribution in [2.75, 3.05) is 6.79 Å². The van der Waals surface area contributed by atoms with Crippen molar-refractivity contribution in [2.24, 2.45) is 0 Å². The average molecular weight is 406 g/mol. The Balaban J connectivity index is 1.47. The molecule has 1 N–H and O–H groups in total. The van der Waals surface area contributed by atoms with Crippen LogP contribution in [0.5, 0.6) is 11.5 Å². The molecule has 0 radical (unpaired) electrons. The Morgan fingerprint density at radius 3 is 2.73 bits per heavy atom. The molecule has 1 unspecified atom stereocenters. The molecule has 3 aromatic rings. The maximum atomic E-state index is 13.2. The zero-order valence-electron chi connectivity index (χ0n) is 16.3. The van der Waals surface area contributed by atoms with Crippen LogP contribution in [0.25, 0.3) is 5.65 Å². The maximum Gasteiger partial charge on any atom is 0.325 e. The number of hydrogen-bond donors (Lipinski definition) is 1. The highest BCUT2D eigenvalue weighted by Gasteiger charge is 2.49. The second-order valence-corrected chi connectivity index (χ2v) is 7.53. The molecule has 0 saturated carbocycles. The van der Waals surface area contributed by atoms with Crippen LogP contribution < -0.4 is 20.3 Å². The van der Waals surface area contributed by atoms with E-state index in [0.29, 0.717) is 28.4 Å². The lowest BCUT2D eigenvalue weighted by molar-refractivity contribution is -0.131. The lowest BCUT2D eigenvalue weighted by atomic mass is 9.91. The molecule has 1 saturated heterocycles. The van der Waals surface area contributed by atoms with Gasteiger partial charge in [-0.2, -0.15) is 0 Å². The average Bonchev–Trinajstić information content (AvgIpc) is 3.27. The van der Waals surface area contributed by atoms with Crippen LogP contribution in [0.1, 0.15) is 23.7 Å². The van der Waals surface area contributed by atoms with Gasteiger partial charge >= 0.3 is 6.03 Å². The van der Waals surface area contributed by atoms with E-state index in [2.05, 4.69) is 10.3 Å². The molecule has 1 atom stereocenters. The van der Waals surface area contributed by atoms with Gasteiger partial charge in [0.2, 0.25) is 6.79 Å². The highest BCUT2D eigenvalue weighted by atomic mass is 16.7. The fourth-order valence-corrected chi connectivity index (χ4v) is 3.74. The zero-order valence-corrected chi connectivity index (χ0v) is 16.3. The topological polar surface area (TPSA) is 102 Å². The molecule has 0 spiro atoms. The third-order valence-corrected chi connectivity index (χ3v) is 5.41. The van der Waals surface area contributed by atoms with Crippen molar-refractivity contribution in [2.45, 2.75) is 25.9 Å². The second kappa shape index (κ2) is 6.31. The number of nitrogens with zero attached hydrogens (tertiary/aromatic N) is 3. The lowest BCUT2D eigenvalue weighted by Gasteiger charge is -2.22. The number of carbonyl (C=O) groups excluding carboxylic acids is 2. The van der Waals surface area contributed by atoms with Gasteiger partial charge in [0.15, 0.2) is 11.5 Å². The van der Waals surface area contributed by atoms with E-state index >= 15 is 0 Å². The van der Waals surface area contributed by atoms with Crippen molar-refractivity contribution in [3.05, 3.63) is 69.8 Å². The summed E-state index contributed by atoms with van der Waals surface area (Å²) in [5, 5.41) is 2.75. The van der Waals surface area contributed by atoms with Gasteiger partial charge in [-0.1, -0.05) is 12.1 Å². The minimum Gasteiger partial charge on any atom is -0.454 e. The highest BCUT2D eigenvalue weighted by Crippen LogP contribution is 2.38. The quantitative estimate of drug-likeness (QED) is 0.665. The monoisotopic (exact) mass is 406 g/mol. The fourth-order valence-electron chi connectivity index (χ4n) is 3.74. The van der Waals surface area contributed by atoms with Gasteiger partial charge in [-0.05, 0) is 43.2 Å². The smallest absolute Gasteiger partial charge is 0.325 e. The minimum absolute atomic E-state index is 0.107. The van der Waals surface area contributed by atoms with Crippen LogP contribution in [0, 0.1) is 6.92 Å². The summed E-state index contributed by atoms with van der Waals surface area (Å²) in [6.07, 6.45) is 1.69. The molecule has 2 aliphatic rings. The largest absolute Gasteiger partial charge is 0.454 e. The van der Waals surface area contributed by atoms with Crippen molar-refractivity contribution < 1.29 is 19.1 Å². The summed E-state index contributed by atoms with van der Waals surface area (Å²) in [7, 11) is 0. The number of pyridine rings is 1. The predicted octanol–water partition coefficient (Wildman–Crippen LogP) is 1.70. The van der Waals surface area contributed by atoms with E-state index in [4.69, 9.17) is 9.47 Å². The Kier molecular flexibility index (Phi) is 3.82. The summed E-state index contributed by atoms with van der Waals surface area (Å²) in [4.78, 5) is 43.8. The molecule has 152 valence electrons. The third kappa shape index (κ3) is 2.70. The van der Waals surface area contributed by atoms with Crippen molar-refractivity contribution in [1.82, 2.24) is 19.6 Å². The first-order valence-electron chi connectivity index (χ1n) is 9.38. The molecule has 2 aliphatic heterocycles. The van der Waals surface area contributed by atoms with E-state index in [1.54, 1.807) is 37.4 Å². The van der Waals surface area contributed by atoms with E-state index in [1.807, 2.05) is 13.0 Å². The first kappa shape index (κ1) is 18.2. The number of rotatable bonds is 3. The van der Waals surface area contributed by atoms with Crippen molar-refractivity contribution >= 4 is 17.6 Å². The Hall–Kier alpha value is -3.88. The van der Waals surface area contributed by atoms with E-state index in [9.17, 15) is 14.4 Å². The molecule has 9 nitrogen and oxygen atoms in total. The number of aromatic nitrogens is 2. The SMILES string of the molecule is Cc1ccc2nc(CN3C(=O)NC(C)(c4ccc5c(c4)OCO5)C3=O)cc(=O)n2c1. The summed E-state index contributed by atoms with van der Waals surface area (Å²) >= 11 is 0. The van der Waals surface area contributed by atoms with Gasteiger partial charge in [-0.3, -0.25) is 18.9 Å². The fraction of sp³-hybridized carbons (Fsp3) is 0.238. The molecule has 0 bridgehead atoms. The van der Waals surface area contributed by atoms with Crippen LogP contribution in [-0.2, 0) is 16.9 Å². The Labute approximate surface area is 170 Å². The number of hydrogen-bond acceptors (Lipinski definition) is 6. The normalized spacial score (nSPS) is 20.1. The number of amides is 3. The number of fused-ring (bicyclic) bond motifs is 2. The van der Waals surface area contributed by atoms with Crippen molar-refractivity contribution in [1.29, 1.82) is 0 Å². The first-order valence-corrected chi connectivity index (χ1v) is 9.38. The van der Waals surface area contributed by atoms with E-state index < -0.39 is 17.5 Å². The molecule has 1 fully saturated rings. The highest BCUT2D eigenvalue weighted by molar-refractivity contribution is 6.07. The molecule has 9 heteroatoms. The van der Waals surface area contributed by atoms with Crippen LogP contribution in [0.4, 0.5) is 4.79 Å². The van der Waals surface area contributed by atoms with Gasteiger partial charge in [0.1, 0.15) is 11.2 Å². The molecular formula is C21H18N4O5. The van der Waals surface area contributed by atoms with Gasteiger partial charge in [0.05, 0.1) is 12.2 Å². The Morgan fingerprint density at radius 1 is 1.10 bits per heavy atom.